The lowest BCUT2D eigenvalue weighted by Gasteiger charge is -2.07. The highest BCUT2D eigenvalue weighted by molar-refractivity contribution is 14.0. The number of guanidine groups is 1. The number of nitrogens with one attached hydrogen (secondary N) is 1. The van der Waals surface area contributed by atoms with Crippen molar-refractivity contribution >= 4 is 41.3 Å². The molecule has 0 aromatic carbocycles. The molecule has 3 N–H and O–H groups in total. The number of hydrogen-bond acceptors (Lipinski definition) is 3. The Kier molecular flexibility index (Phi) is 7.06. The lowest BCUT2D eigenvalue weighted by atomic mass is 10.0. The van der Waals surface area contributed by atoms with Crippen LogP contribution in [0.15, 0.2) is 4.99 Å². The average molecular weight is 394 g/mol. The maximum Gasteiger partial charge on any atom is 0.188 e. The Balaban J connectivity index is 0.00000180. The van der Waals surface area contributed by atoms with Gasteiger partial charge in [-0.25, -0.2) is 4.98 Å². The van der Waals surface area contributed by atoms with Crippen LogP contribution in [0.4, 0.5) is 0 Å². The molecule has 0 aliphatic heterocycles. The number of nitrogens with zero attached hydrogens (tertiary/aromatic N) is 2. The van der Waals surface area contributed by atoms with Crippen molar-refractivity contribution in [3.8, 4) is 0 Å². The van der Waals surface area contributed by atoms with Crippen LogP contribution in [-0.2, 0) is 19.3 Å². The first-order valence-electron chi connectivity index (χ1n) is 6.69. The lowest BCUT2D eigenvalue weighted by molar-refractivity contribution is 0.680. The minimum atomic E-state index is 0. The summed E-state index contributed by atoms with van der Waals surface area (Å²) in [7, 11) is 0. The summed E-state index contributed by atoms with van der Waals surface area (Å²) in [5.41, 5.74) is 7.09. The second-order valence-corrected chi connectivity index (χ2v) is 6.17. The largest absolute Gasteiger partial charge is 0.370 e. The molecule has 0 unspecified atom stereocenters. The standard InChI is InChI=1S/C13H22N4S.HI/c1-9(2)16-13(14)15-8-7-12-17-10-5-3-4-6-11(10)18-12;/h9H,3-8H2,1-2H3,(H3,14,15,16);1H. The summed E-state index contributed by atoms with van der Waals surface area (Å²) in [6.45, 7) is 4.83. The maximum atomic E-state index is 5.76. The van der Waals surface area contributed by atoms with Crippen molar-refractivity contribution in [1.29, 1.82) is 0 Å². The van der Waals surface area contributed by atoms with E-state index in [0.717, 1.165) is 19.4 Å². The highest BCUT2D eigenvalue weighted by Gasteiger charge is 2.14. The third kappa shape index (κ3) is 5.25. The van der Waals surface area contributed by atoms with Crippen LogP contribution in [0.25, 0.3) is 0 Å². The second-order valence-electron chi connectivity index (χ2n) is 5.00. The van der Waals surface area contributed by atoms with E-state index in [9.17, 15) is 0 Å². The van der Waals surface area contributed by atoms with Crippen LogP contribution in [-0.4, -0.2) is 23.5 Å². The van der Waals surface area contributed by atoms with Crippen molar-refractivity contribution in [2.24, 2.45) is 10.7 Å². The predicted molar refractivity (Wildman–Crippen MR) is 92.6 cm³/mol. The van der Waals surface area contributed by atoms with Crippen LogP contribution < -0.4 is 11.1 Å². The molecule has 0 fully saturated rings. The van der Waals surface area contributed by atoms with Crippen LogP contribution in [0.3, 0.4) is 0 Å². The minimum Gasteiger partial charge on any atom is -0.370 e. The van der Waals surface area contributed by atoms with Crippen molar-refractivity contribution in [2.75, 3.05) is 6.54 Å². The van der Waals surface area contributed by atoms with E-state index in [0.29, 0.717) is 12.0 Å². The van der Waals surface area contributed by atoms with E-state index in [1.54, 1.807) is 0 Å². The number of rotatable bonds is 4. The molecule has 1 aliphatic rings. The van der Waals surface area contributed by atoms with Gasteiger partial charge in [0.15, 0.2) is 5.96 Å². The quantitative estimate of drug-likeness (QED) is 0.469. The van der Waals surface area contributed by atoms with Crippen LogP contribution in [0, 0.1) is 0 Å². The molecule has 1 aromatic rings. The smallest absolute Gasteiger partial charge is 0.188 e. The molecule has 19 heavy (non-hydrogen) atoms. The summed E-state index contributed by atoms with van der Waals surface area (Å²) in [5, 5.41) is 4.30. The Bertz CT molecular complexity index is 405. The predicted octanol–water partition coefficient (Wildman–Crippen LogP) is 2.50. The van der Waals surface area contributed by atoms with Crippen LogP contribution in [0.1, 0.15) is 42.3 Å². The fourth-order valence-corrected chi connectivity index (χ4v) is 3.27. The molecule has 6 heteroatoms. The van der Waals surface area contributed by atoms with E-state index < -0.39 is 0 Å². The number of aromatic nitrogens is 1. The zero-order valence-corrected chi connectivity index (χ0v) is 14.8. The fraction of sp³-hybridized carbons (Fsp3) is 0.692. The molecular weight excluding hydrogens is 371 g/mol. The fourth-order valence-electron chi connectivity index (χ4n) is 2.13. The number of aliphatic imine (C=N–C) groups is 1. The van der Waals surface area contributed by atoms with Gasteiger partial charge in [0.1, 0.15) is 0 Å². The van der Waals surface area contributed by atoms with Gasteiger partial charge in [-0.15, -0.1) is 35.3 Å². The van der Waals surface area contributed by atoms with Crippen molar-refractivity contribution in [2.45, 2.75) is 52.0 Å². The third-order valence-corrected chi connectivity index (χ3v) is 4.15. The van der Waals surface area contributed by atoms with Gasteiger partial charge < -0.3 is 11.1 Å². The number of nitrogens with two attached hydrogens (primary N) is 1. The first kappa shape index (κ1) is 16.7. The van der Waals surface area contributed by atoms with Gasteiger partial charge in [0, 0.05) is 23.9 Å². The Hall–Kier alpha value is -0.370. The molecule has 0 atom stereocenters. The summed E-state index contributed by atoms with van der Waals surface area (Å²) < 4.78 is 0. The molecule has 0 spiro atoms. The minimum absolute atomic E-state index is 0. The summed E-state index contributed by atoms with van der Waals surface area (Å²) >= 11 is 1.86. The Morgan fingerprint density at radius 3 is 2.84 bits per heavy atom. The van der Waals surface area contributed by atoms with Crippen LogP contribution in [0.2, 0.25) is 0 Å². The average Bonchev–Trinajstić information content (AvgIpc) is 2.70. The molecule has 0 radical (unpaired) electrons. The summed E-state index contributed by atoms with van der Waals surface area (Å²) in [4.78, 5) is 10.5. The zero-order chi connectivity index (χ0) is 13.0. The molecule has 4 nitrogen and oxygen atoms in total. The van der Waals surface area contributed by atoms with Gasteiger partial charge in [-0.05, 0) is 39.5 Å². The van der Waals surface area contributed by atoms with Crippen molar-refractivity contribution in [3.63, 3.8) is 0 Å². The Morgan fingerprint density at radius 1 is 1.42 bits per heavy atom. The first-order valence-corrected chi connectivity index (χ1v) is 7.50. The van der Waals surface area contributed by atoms with Crippen molar-refractivity contribution < 1.29 is 0 Å². The van der Waals surface area contributed by atoms with Crippen molar-refractivity contribution in [1.82, 2.24) is 10.3 Å². The topological polar surface area (TPSA) is 63.3 Å². The van der Waals surface area contributed by atoms with Gasteiger partial charge in [0.25, 0.3) is 0 Å². The third-order valence-electron chi connectivity index (χ3n) is 2.93. The molecule has 0 bridgehead atoms. The summed E-state index contributed by atoms with van der Waals surface area (Å²) in [6.07, 6.45) is 5.88. The number of aryl methyl sites for hydroxylation is 2. The molecule has 1 heterocycles. The lowest BCUT2D eigenvalue weighted by Crippen LogP contribution is -2.36. The molecule has 1 aliphatic carbocycles. The van der Waals surface area contributed by atoms with Gasteiger partial charge in [0.2, 0.25) is 0 Å². The SMILES string of the molecule is CC(C)NC(N)=NCCc1nc2c(s1)CCCC2.I. The van der Waals surface area contributed by atoms with E-state index in [1.165, 1.54) is 34.8 Å². The van der Waals surface area contributed by atoms with E-state index >= 15 is 0 Å². The van der Waals surface area contributed by atoms with E-state index in [2.05, 4.69) is 24.2 Å². The van der Waals surface area contributed by atoms with Gasteiger partial charge in [0.05, 0.1) is 10.7 Å². The number of halogens is 1. The number of fused-ring (bicyclic) bond motifs is 1. The molecule has 0 saturated heterocycles. The van der Waals surface area contributed by atoms with Gasteiger partial charge in [-0.3, -0.25) is 4.99 Å². The summed E-state index contributed by atoms with van der Waals surface area (Å²) in [5.74, 6) is 0.534. The Morgan fingerprint density at radius 2 is 2.16 bits per heavy atom. The normalized spacial score (nSPS) is 15.0. The Labute approximate surface area is 136 Å². The number of thiazole rings is 1. The van der Waals surface area contributed by atoms with E-state index in [4.69, 9.17) is 10.7 Å². The van der Waals surface area contributed by atoms with Crippen molar-refractivity contribution in [3.05, 3.63) is 15.6 Å². The van der Waals surface area contributed by atoms with Gasteiger partial charge >= 0.3 is 0 Å². The van der Waals surface area contributed by atoms with E-state index in [-0.39, 0.29) is 24.0 Å². The first-order chi connectivity index (χ1) is 8.65. The van der Waals surface area contributed by atoms with Gasteiger partial charge in [-0.2, -0.15) is 0 Å². The number of hydrogen-bond donors (Lipinski definition) is 2. The second kappa shape index (κ2) is 8.04. The molecule has 108 valence electrons. The van der Waals surface area contributed by atoms with E-state index in [1.807, 2.05) is 11.3 Å². The van der Waals surface area contributed by atoms with Crippen LogP contribution in [0.5, 0.6) is 0 Å². The van der Waals surface area contributed by atoms with Crippen LogP contribution >= 0.6 is 35.3 Å². The molecular formula is C13H23IN4S. The van der Waals surface area contributed by atoms with Gasteiger partial charge in [-0.1, -0.05) is 0 Å². The monoisotopic (exact) mass is 394 g/mol. The molecule has 1 aromatic heterocycles. The zero-order valence-electron chi connectivity index (χ0n) is 11.6. The maximum absolute atomic E-state index is 5.76. The molecule has 0 saturated carbocycles. The molecule has 0 amide bonds. The highest BCUT2D eigenvalue weighted by atomic mass is 127. The summed E-state index contributed by atoms with van der Waals surface area (Å²) in [6, 6.07) is 0.334. The highest BCUT2D eigenvalue weighted by Crippen LogP contribution is 2.26. The molecule has 2 rings (SSSR count).